The molecule has 0 saturated heterocycles. The summed E-state index contributed by atoms with van der Waals surface area (Å²) in [7, 11) is 1.18. The van der Waals surface area contributed by atoms with E-state index in [2.05, 4.69) is 9.97 Å². The average molecular weight is 446 g/mol. The Balaban J connectivity index is 1.82. The Bertz CT molecular complexity index is 1320. The first-order chi connectivity index (χ1) is 16.0. The van der Waals surface area contributed by atoms with Crippen LogP contribution >= 0.6 is 0 Å². The number of aromatic nitrogens is 2. The first-order valence-corrected chi connectivity index (χ1v) is 10.0. The van der Waals surface area contributed by atoms with Crippen molar-refractivity contribution in [3.63, 3.8) is 0 Å². The second-order valence-corrected chi connectivity index (χ2v) is 7.25. The summed E-state index contributed by atoms with van der Waals surface area (Å²) in [5.41, 5.74) is 1.94. The molecule has 0 amide bonds. The lowest BCUT2D eigenvalue weighted by Gasteiger charge is -2.14. The zero-order valence-corrected chi connectivity index (χ0v) is 17.6. The van der Waals surface area contributed by atoms with Crippen LogP contribution in [0.2, 0.25) is 0 Å². The minimum atomic E-state index is -1.32. The SMILES string of the molecule is COC(=O)c1nc(C(=O)O)c2cc(Cc3ccc(F)cc3)cnc2c1OCc1ccccc1. The molecule has 0 aliphatic rings. The molecule has 166 valence electrons. The molecule has 0 saturated carbocycles. The zero-order chi connectivity index (χ0) is 23.4. The lowest BCUT2D eigenvalue weighted by molar-refractivity contribution is 0.0588. The number of hydrogen-bond donors (Lipinski definition) is 1. The number of nitrogens with zero attached hydrogens (tertiary/aromatic N) is 2. The molecule has 0 unspecified atom stereocenters. The molecule has 2 aromatic carbocycles. The molecular formula is C25H19FN2O5. The van der Waals surface area contributed by atoms with Crippen LogP contribution in [0.5, 0.6) is 5.75 Å². The van der Waals surface area contributed by atoms with Crippen molar-refractivity contribution >= 4 is 22.8 Å². The standard InChI is InChI=1S/C25H19FN2O5/c1-32-25(31)22-23(33-14-16-5-3-2-4-6-16)20-19(21(28-22)24(29)30)12-17(13-27-20)11-15-7-9-18(26)10-8-15/h2-10,12-13H,11,14H2,1H3,(H,29,30). The van der Waals surface area contributed by atoms with Gasteiger partial charge in [-0.1, -0.05) is 42.5 Å². The third-order valence-corrected chi connectivity index (χ3v) is 4.98. The Labute approximate surface area is 188 Å². The van der Waals surface area contributed by atoms with Crippen LogP contribution in [0.25, 0.3) is 10.9 Å². The van der Waals surface area contributed by atoms with Gasteiger partial charge in [0.1, 0.15) is 17.9 Å². The highest BCUT2D eigenvalue weighted by Gasteiger charge is 2.25. The van der Waals surface area contributed by atoms with Crippen LogP contribution in [-0.2, 0) is 17.8 Å². The van der Waals surface area contributed by atoms with Crippen molar-refractivity contribution in [3.05, 3.63) is 101 Å². The number of hydrogen-bond acceptors (Lipinski definition) is 6. The van der Waals surface area contributed by atoms with E-state index >= 15 is 0 Å². The third-order valence-electron chi connectivity index (χ3n) is 4.98. The molecule has 4 rings (SSSR count). The van der Waals surface area contributed by atoms with Crippen LogP contribution < -0.4 is 4.74 Å². The first-order valence-electron chi connectivity index (χ1n) is 10.0. The molecule has 0 aliphatic carbocycles. The summed E-state index contributed by atoms with van der Waals surface area (Å²) in [5.74, 6) is -2.46. The molecule has 0 fully saturated rings. The Morgan fingerprint density at radius 3 is 2.36 bits per heavy atom. The third kappa shape index (κ3) is 4.79. The summed E-state index contributed by atoms with van der Waals surface area (Å²) < 4.78 is 23.9. The fraction of sp³-hybridized carbons (Fsp3) is 0.120. The maximum atomic E-state index is 13.2. The predicted molar refractivity (Wildman–Crippen MR) is 118 cm³/mol. The van der Waals surface area contributed by atoms with E-state index in [1.54, 1.807) is 24.4 Å². The fourth-order valence-electron chi connectivity index (χ4n) is 3.40. The molecule has 0 atom stereocenters. The number of pyridine rings is 2. The van der Waals surface area contributed by atoms with E-state index in [-0.39, 0.29) is 40.5 Å². The van der Waals surface area contributed by atoms with Gasteiger partial charge in [-0.2, -0.15) is 0 Å². The van der Waals surface area contributed by atoms with E-state index in [1.807, 2.05) is 30.3 Å². The van der Waals surface area contributed by atoms with Crippen LogP contribution in [0.1, 0.15) is 37.7 Å². The molecular weight excluding hydrogens is 427 g/mol. The van der Waals surface area contributed by atoms with Crippen LogP contribution in [-0.4, -0.2) is 34.1 Å². The molecule has 1 N–H and O–H groups in total. The molecule has 0 bridgehead atoms. The number of fused-ring (bicyclic) bond motifs is 1. The van der Waals surface area contributed by atoms with E-state index < -0.39 is 11.9 Å². The number of methoxy groups -OCH3 is 1. The van der Waals surface area contributed by atoms with Gasteiger partial charge >= 0.3 is 11.9 Å². The molecule has 0 spiro atoms. The van der Waals surface area contributed by atoms with Crippen molar-refractivity contribution in [3.8, 4) is 5.75 Å². The molecule has 33 heavy (non-hydrogen) atoms. The topological polar surface area (TPSA) is 98.6 Å². The first kappa shape index (κ1) is 21.9. The van der Waals surface area contributed by atoms with Crippen molar-refractivity contribution in [2.24, 2.45) is 0 Å². The fourth-order valence-corrected chi connectivity index (χ4v) is 3.40. The van der Waals surface area contributed by atoms with Crippen LogP contribution in [0.3, 0.4) is 0 Å². The molecule has 0 aliphatic heterocycles. The predicted octanol–water partition coefficient (Wildman–Crippen LogP) is 4.42. The number of benzene rings is 2. The van der Waals surface area contributed by atoms with Gasteiger partial charge in [0, 0.05) is 11.6 Å². The quantitative estimate of drug-likeness (QED) is 0.420. The highest BCUT2D eigenvalue weighted by atomic mass is 19.1. The van der Waals surface area contributed by atoms with Gasteiger partial charge in [-0.3, -0.25) is 4.98 Å². The number of carboxylic acids is 1. The Hall–Kier alpha value is -4.33. The van der Waals surface area contributed by atoms with Crippen LogP contribution in [0.4, 0.5) is 4.39 Å². The van der Waals surface area contributed by atoms with E-state index in [9.17, 15) is 19.1 Å². The molecule has 4 aromatic rings. The number of halogens is 1. The summed E-state index contributed by atoms with van der Waals surface area (Å²) in [4.78, 5) is 32.8. The number of carbonyl (C=O) groups is 2. The van der Waals surface area contributed by atoms with Crippen molar-refractivity contribution in [2.45, 2.75) is 13.0 Å². The van der Waals surface area contributed by atoms with Crippen molar-refractivity contribution in [1.82, 2.24) is 9.97 Å². The molecule has 7 nitrogen and oxygen atoms in total. The summed E-state index contributed by atoms with van der Waals surface area (Å²) in [6.07, 6.45) is 1.97. The summed E-state index contributed by atoms with van der Waals surface area (Å²) in [6.45, 7) is 0.118. The number of carbonyl (C=O) groups excluding carboxylic acids is 1. The van der Waals surface area contributed by atoms with Gasteiger partial charge in [0.25, 0.3) is 0 Å². The smallest absolute Gasteiger partial charge is 0.360 e. The minimum absolute atomic E-state index is 0.0408. The summed E-state index contributed by atoms with van der Waals surface area (Å²) in [5, 5.41) is 9.97. The number of ether oxygens (including phenoxy) is 2. The Morgan fingerprint density at radius 1 is 0.970 bits per heavy atom. The Kier molecular flexibility index (Phi) is 6.26. The van der Waals surface area contributed by atoms with E-state index in [0.717, 1.165) is 11.1 Å². The van der Waals surface area contributed by atoms with Gasteiger partial charge in [0.05, 0.1) is 7.11 Å². The van der Waals surface area contributed by atoms with Crippen molar-refractivity contribution in [2.75, 3.05) is 7.11 Å². The second kappa shape index (κ2) is 9.44. The lowest BCUT2D eigenvalue weighted by Crippen LogP contribution is -2.14. The summed E-state index contributed by atoms with van der Waals surface area (Å²) >= 11 is 0. The molecule has 2 aromatic heterocycles. The van der Waals surface area contributed by atoms with E-state index in [0.29, 0.717) is 12.0 Å². The number of carboxylic acid groups (broad SMARTS) is 1. The number of aromatic carboxylic acids is 1. The lowest BCUT2D eigenvalue weighted by atomic mass is 10.0. The molecule has 8 heteroatoms. The maximum Gasteiger partial charge on any atom is 0.360 e. The molecule has 2 heterocycles. The average Bonchev–Trinajstić information content (AvgIpc) is 2.83. The normalized spacial score (nSPS) is 10.7. The zero-order valence-electron chi connectivity index (χ0n) is 17.6. The van der Waals surface area contributed by atoms with Crippen molar-refractivity contribution in [1.29, 1.82) is 0 Å². The van der Waals surface area contributed by atoms with Gasteiger partial charge in [-0.05, 0) is 41.3 Å². The van der Waals surface area contributed by atoms with Gasteiger partial charge < -0.3 is 14.6 Å². The van der Waals surface area contributed by atoms with Gasteiger partial charge in [-0.25, -0.2) is 19.0 Å². The Morgan fingerprint density at radius 2 is 1.70 bits per heavy atom. The minimum Gasteiger partial charge on any atom is -0.484 e. The summed E-state index contributed by atoms with van der Waals surface area (Å²) in [6, 6.07) is 16.9. The monoisotopic (exact) mass is 446 g/mol. The van der Waals surface area contributed by atoms with Gasteiger partial charge in [0.15, 0.2) is 17.1 Å². The highest BCUT2D eigenvalue weighted by Crippen LogP contribution is 2.31. The number of esters is 1. The van der Waals surface area contributed by atoms with Gasteiger partial charge in [0.2, 0.25) is 0 Å². The van der Waals surface area contributed by atoms with Crippen LogP contribution in [0.15, 0.2) is 66.9 Å². The largest absolute Gasteiger partial charge is 0.484 e. The second-order valence-electron chi connectivity index (χ2n) is 7.25. The maximum absolute atomic E-state index is 13.2. The molecule has 0 radical (unpaired) electrons. The van der Waals surface area contributed by atoms with Crippen LogP contribution in [0, 0.1) is 5.82 Å². The highest BCUT2D eigenvalue weighted by molar-refractivity contribution is 6.06. The van der Waals surface area contributed by atoms with E-state index in [4.69, 9.17) is 9.47 Å². The van der Waals surface area contributed by atoms with Gasteiger partial charge in [-0.15, -0.1) is 0 Å². The van der Waals surface area contributed by atoms with Crippen molar-refractivity contribution < 1.29 is 28.6 Å². The number of rotatable bonds is 7. The van der Waals surface area contributed by atoms with E-state index in [1.165, 1.54) is 19.2 Å².